The summed E-state index contributed by atoms with van der Waals surface area (Å²) in [6.07, 6.45) is 6.89. The van der Waals surface area contributed by atoms with Crippen LogP contribution >= 0.6 is 0 Å². The van der Waals surface area contributed by atoms with Crippen molar-refractivity contribution >= 4 is 5.91 Å². The molecule has 0 aliphatic rings. The molecule has 16 heavy (non-hydrogen) atoms. The number of nitrogens with zero attached hydrogens (tertiary/aromatic N) is 2. The number of aromatic nitrogens is 4. The van der Waals surface area contributed by atoms with Gasteiger partial charge in [-0.05, 0) is 6.42 Å². The number of hydrogen-bond acceptors (Lipinski definition) is 3. The molecule has 0 radical (unpaired) electrons. The van der Waals surface area contributed by atoms with Gasteiger partial charge in [0, 0.05) is 18.6 Å². The van der Waals surface area contributed by atoms with Crippen LogP contribution in [-0.4, -0.2) is 25.8 Å². The zero-order valence-electron chi connectivity index (χ0n) is 8.90. The molecule has 0 aliphatic heterocycles. The minimum absolute atomic E-state index is 0.450. The lowest BCUT2D eigenvalue weighted by atomic mass is 9.80. The first-order chi connectivity index (χ1) is 7.71. The molecular weight excluding hydrogens is 206 g/mol. The molecule has 0 saturated heterocycles. The summed E-state index contributed by atoms with van der Waals surface area (Å²) < 4.78 is 0. The number of hydrogen-bond donors (Lipinski definition) is 3. The Morgan fingerprint density at radius 2 is 2.38 bits per heavy atom. The van der Waals surface area contributed by atoms with Crippen LogP contribution in [0.25, 0.3) is 0 Å². The highest BCUT2D eigenvalue weighted by Gasteiger charge is 2.42. The minimum Gasteiger partial charge on any atom is -0.368 e. The van der Waals surface area contributed by atoms with Crippen molar-refractivity contribution in [3.63, 3.8) is 0 Å². The van der Waals surface area contributed by atoms with Gasteiger partial charge in [-0.1, -0.05) is 6.92 Å². The number of nitrogens with two attached hydrogens (primary N) is 1. The molecule has 4 N–H and O–H groups in total. The summed E-state index contributed by atoms with van der Waals surface area (Å²) in [7, 11) is 0. The Hall–Kier alpha value is -2.11. The molecule has 0 aliphatic carbocycles. The highest BCUT2D eigenvalue weighted by atomic mass is 16.1. The number of carbonyl (C=O) groups excluding carboxylic acids is 1. The topological polar surface area (TPSA) is 100 Å². The van der Waals surface area contributed by atoms with Crippen LogP contribution in [-0.2, 0) is 10.2 Å². The third-order valence-electron chi connectivity index (χ3n) is 2.81. The van der Waals surface area contributed by atoms with E-state index in [0.717, 1.165) is 0 Å². The lowest BCUT2D eigenvalue weighted by Crippen LogP contribution is -2.43. The Balaban J connectivity index is 2.61. The molecule has 0 saturated carbocycles. The maximum absolute atomic E-state index is 11.8. The Labute approximate surface area is 92.3 Å². The molecule has 6 nitrogen and oxygen atoms in total. The predicted octanol–water partition coefficient (Wildman–Crippen LogP) is 0.314. The number of imidazole rings is 2. The second-order valence-corrected chi connectivity index (χ2v) is 3.53. The van der Waals surface area contributed by atoms with Gasteiger partial charge in [0.2, 0.25) is 5.91 Å². The highest BCUT2D eigenvalue weighted by Crippen LogP contribution is 2.31. The van der Waals surface area contributed by atoms with Crippen LogP contribution in [0.5, 0.6) is 0 Å². The summed E-state index contributed by atoms with van der Waals surface area (Å²) in [5.41, 5.74) is 5.21. The van der Waals surface area contributed by atoms with Gasteiger partial charge < -0.3 is 15.7 Å². The molecule has 84 valence electrons. The van der Waals surface area contributed by atoms with E-state index >= 15 is 0 Å². The van der Waals surface area contributed by atoms with Crippen LogP contribution in [0, 0.1) is 0 Å². The first kappa shape index (κ1) is 10.4. The lowest BCUT2D eigenvalue weighted by molar-refractivity contribution is -0.122. The number of nitrogens with one attached hydrogen (secondary N) is 2. The number of rotatable bonds is 4. The number of H-pyrrole nitrogens is 2. The number of primary amides is 1. The van der Waals surface area contributed by atoms with Crippen LogP contribution in [0.2, 0.25) is 0 Å². The third kappa shape index (κ3) is 1.30. The fourth-order valence-electron chi connectivity index (χ4n) is 1.90. The quantitative estimate of drug-likeness (QED) is 0.690. The molecule has 1 atom stereocenters. The second-order valence-electron chi connectivity index (χ2n) is 3.53. The van der Waals surface area contributed by atoms with Crippen LogP contribution in [0.1, 0.15) is 24.9 Å². The van der Waals surface area contributed by atoms with Crippen molar-refractivity contribution in [2.75, 3.05) is 0 Å². The fraction of sp³-hybridized carbons (Fsp3) is 0.300. The molecule has 0 spiro atoms. The van der Waals surface area contributed by atoms with Gasteiger partial charge in [-0.15, -0.1) is 0 Å². The van der Waals surface area contributed by atoms with Crippen LogP contribution in [0.4, 0.5) is 0 Å². The van der Waals surface area contributed by atoms with Gasteiger partial charge in [0.1, 0.15) is 11.2 Å². The van der Waals surface area contributed by atoms with Crippen molar-refractivity contribution in [3.05, 3.63) is 36.4 Å². The van der Waals surface area contributed by atoms with E-state index in [2.05, 4.69) is 19.9 Å². The van der Waals surface area contributed by atoms with Crippen molar-refractivity contribution in [2.45, 2.75) is 18.8 Å². The zero-order valence-corrected chi connectivity index (χ0v) is 8.90. The second kappa shape index (κ2) is 3.80. The standard InChI is InChI=1S/C10H13N5O/c1-2-10(8(11)16,7-5-12-6-15-7)9-13-3-4-14-9/h3-6H,2H2,1H3,(H2,11,16)(H,12,15)(H,13,14). The normalized spacial score (nSPS) is 14.6. The Morgan fingerprint density at radius 3 is 2.81 bits per heavy atom. The molecule has 0 aromatic carbocycles. The Kier molecular flexibility index (Phi) is 2.47. The number of aromatic amines is 2. The summed E-state index contributed by atoms with van der Waals surface area (Å²) in [5, 5.41) is 0. The Bertz CT molecular complexity index is 425. The van der Waals surface area contributed by atoms with E-state index in [4.69, 9.17) is 5.73 Å². The summed E-state index contributed by atoms with van der Waals surface area (Å²) >= 11 is 0. The predicted molar refractivity (Wildman–Crippen MR) is 57.4 cm³/mol. The average Bonchev–Trinajstić information content (AvgIpc) is 2.89. The zero-order chi connectivity index (χ0) is 11.6. The molecule has 2 rings (SSSR count). The maximum Gasteiger partial charge on any atom is 0.237 e. The van der Waals surface area contributed by atoms with Gasteiger partial charge in [0.05, 0.1) is 12.0 Å². The molecule has 2 heterocycles. The van der Waals surface area contributed by atoms with E-state index in [-0.39, 0.29) is 0 Å². The van der Waals surface area contributed by atoms with Crippen molar-refractivity contribution in [1.82, 2.24) is 19.9 Å². The van der Waals surface area contributed by atoms with E-state index in [0.29, 0.717) is 17.9 Å². The molecule has 6 heteroatoms. The van der Waals surface area contributed by atoms with E-state index in [9.17, 15) is 4.79 Å². The Morgan fingerprint density at radius 1 is 1.56 bits per heavy atom. The van der Waals surface area contributed by atoms with Gasteiger partial charge in [-0.2, -0.15) is 0 Å². The third-order valence-corrected chi connectivity index (χ3v) is 2.81. The molecule has 2 aromatic rings. The molecule has 0 bridgehead atoms. The SMILES string of the molecule is CCC(C(N)=O)(c1cnc[nH]1)c1ncc[nH]1. The molecule has 0 fully saturated rings. The smallest absolute Gasteiger partial charge is 0.237 e. The van der Waals surface area contributed by atoms with E-state index in [1.54, 1.807) is 18.6 Å². The van der Waals surface area contributed by atoms with Crippen LogP contribution < -0.4 is 5.73 Å². The molecule has 2 aromatic heterocycles. The molecule has 1 unspecified atom stereocenters. The number of amides is 1. The van der Waals surface area contributed by atoms with Crippen molar-refractivity contribution < 1.29 is 4.79 Å². The van der Waals surface area contributed by atoms with Gasteiger partial charge in [0.25, 0.3) is 0 Å². The largest absolute Gasteiger partial charge is 0.368 e. The fourth-order valence-corrected chi connectivity index (χ4v) is 1.90. The van der Waals surface area contributed by atoms with Crippen molar-refractivity contribution in [2.24, 2.45) is 5.73 Å². The summed E-state index contributed by atoms with van der Waals surface area (Å²) in [4.78, 5) is 25.7. The summed E-state index contributed by atoms with van der Waals surface area (Å²) in [6.45, 7) is 1.88. The van der Waals surface area contributed by atoms with E-state index in [1.165, 1.54) is 6.33 Å². The van der Waals surface area contributed by atoms with Gasteiger partial charge >= 0.3 is 0 Å². The molecular formula is C10H13N5O. The van der Waals surface area contributed by atoms with Gasteiger partial charge in [0.15, 0.2) is 0 Å². The highest BCUT2D eigenvalue weighted by molar-refractivity contribution is 5.89. The van der Waals surface area contributed by atoms with Crippen LogP contribution in [0.3, 0.4) is 0 Å². The lowest BCUT2D eigenvalue weighted by Gasteiger charge is -2.25. The van der Waals surface area contributed by atoms with E-state index in [1.807, 2.05) is 6.92 Å². The first-order valence-corrected chi connectivity index (χ1v) is 5.00. The van der Waals surface area contributed by atoms with Crippen molar-refractivity contribution in [3.8, 4) is 0 Å². The van der Waals surface area contributed by atoms with Gasteiger partial charge in [-0.3, -0.25) is 4.79 Å². The van der Waals surface area contributed by atoms with Gasteiger partial charge in [-0.25, -0.2) is 9.97 Å². The van der Waals surface area contributed by atoms with Crippen LogP contribution in [0.15, 0.2) is 24.9 Å². The number of carbonyl (C=O) groups is 1. The summed E-state index contributed by atoms with van der Waals surface area (Å²) in [5.74, 6) is 0.0842. The summed E-state index contributed by atoms with van der Waals surface area (Å²) in [6, 6.07) is 0. The maximum atomic E-state index is 11.8. The monoisotopic (exact) mass is 219 g/mol. The minimum atomic E-state index is -0.958. The average molecular weight is 219 g/mol. The first-order valence-electron chi connectivity index (χ1n) is 5.00. The molecule has 1 amide bonds. The van der Waals surface area contributed by atoms with E-state index < -0.39 is 11.3 Å². The van der Waals surface area contributed by atoms with Crippen molar-refractivity contribution in [1.29, 1.82) is 0 Å².